The summed E-state index contributed by atoms with van der Waals surface area (Å²) in [6, 6.07) is 10.4. The Morgan fingerprint density at radius 3 is 2.15 bits per heavy atom. The van der Waals surface area contributed by atoms with Crippen molar-refractivity contribution in [2.45, 2.75) is 0 Å². The zero-order valence-corrected chi connectivity index (χ0v) is 10.8. The van der Waals surface area contributed by atoms with E-state index in [1.807, 2.05) is 0 Å². The summed E-state index contributed by atoms with van der Waals surface area (Å²) in [5.74, 6) is -0.966. The van der Waals surface area contributed by atoms with Crippen molar-refractivity contribution < 1.29 is 13.5 Å². The fourth-order valence-corrected chi connectivity index (χ4v) is 1.86. The molecule has 0 unspecified atom stereocenters. The number of hydrogen-bond acceptors (Lipinski definition) is 2. The van der Waals surface area contributed by atoms with Crippen LogP contribution in [0.2, 0.25) is 0 Å². The van der Waals surface area contributed by atoms with E-state index in [1.165, 1.54) is 7.11 Å². The van der Waals surface area contributed by atoms with Gasteiger partial charge in [0, 0.05) is 0 Å². The summed E-state index contributed by atoms with van der Waals surface area (Å²) < 4.78 is 32.8. The Balaban J connectivity index is 2.45. The summed E-state index contributed by atoms with van der Waals surface area (Å²) in [4.78, 5) is 0. The molecule has 0 atom stereocenters. The maximum Gasteiger partial charge on any atom is 0.135 e. The van der Waals surface area contributed by atoms with E-state index >= 15 is 0 Å². The van der Waals surface area contributed by atoms with Crippen molar-refractivity contribution in [3.05, 3.63) is 71.3 Å². The van der Waals surface area contributed by atoms with Crippen LogP contribution in [-0.4, -0.2) is 7.11 Å². The van der Waals surface area contributed by atoms with Gasteiger partial charge in [0.15, 0.2) is 0 Å². The van der Waals surface area contributed by atoms with Crippen molar-refractivity contribution >= 4 is 5.57 Å². The first-order chi connectivity index (χ1) is 9.56. The summed E-state index contributed by atoms with van der Waals surface area (Å²) in [6.07, 6.45) is 0. The van der Waals surface area contributed by atoms with Gasteiger partial charge in [0.25, 0.3) is 0 Å². The Bertz CT molecular complexity index is 676. The number of methoxy groups -OCH3 is 1. The van der Waals surface area contributed by atoms with Crippen LogP contribution in [0.25, 0.3) is 5.57 Å². The topological polar surface area (TPSA) is 33.0 Å². The minimum Gasteiger partial charge on any atom is -0.497 e. The normalized spacial score (nSPS) is 9.90. The van der Waals surface area contributed by atoms with E-state index in [-0.39, 0.29) is 16.7 Å². The molecule has 0 amide bonds. The third-order valence-corrected chi connectivity index (χ3v) is 2.91. The van der Waals surface area contributed by atoms with Gasteiger partial charge in [-0.3, -0.25) is 0 Å². The number of benzene rings is 2. The van der Waals surface area contributed by atoms with Crippen LogP contribution in [0.1, 0.15) is 16.7 Å². The largest absolute Gasteiger partial charge is 0.497 e. The van der Waals surface area contributed by atoms with Gasteiger partial charge in [-0.2, -0.15) is 5.26 Å². The molecule has 2 aromatic carbocycles. The predicted molar refractivity (Wildman–Crippen MR) is 72.2 cm³/mol. The molecule has 0 aliphatic rings. The van der Waals surface area contributed by atoms with E-state index in [2.05, 4.69) is 6.58 Å². The number of nitrogens with zero attached hydrogens (tertiary/aromatic N) is 1. The first-order valence-corrected chi connectivity index (χ1v) is 5.79. The van der Waals surface area contributed by atoms with E-state index in [0.29, 0.717) is 11.3 Å². The maximum absolute atomic E-state index is 13.9. The molecule has 0 aliphatic heterocycles. The van der Waals surface area contributed by atoms with Crippen LogP contribution < -0.4 is 4.74 Å². The molecule has 2 rings (SSSR count). The Labute approximate surface area is 115 Å². The Morgan fingerprint density at radius 2 is 1.70 bits per heavy atom. The molecule has 0 radical (unpaired) electrons. The molecule has 0 spiro atoms. The number of rotatable bonds is 3. The zero-order chi connectivity index (χ0) is 14.7. The smallest absolute Gasteiger partial charge is 0.135 e. The van der Waals surface area contributed by atoms with Crippen molar-refractivity contribution in [2.75, 3.05) is 7.11 Å². The lowest BCUT2D eigenvalue weighted by atomic mass is 9.97. The van der Waals surface area contributed by atoms with Crippen molar-refractivity contribution in [1.29, 1.82) is 5.26 Å². The van der Waals surface area contributed by atoms with Crippen LogP contribution in [0.3, 0.4) is 0 Å². The van der Waals surface area contributed by atoms with Gasteiger partial charge >= 0.3 is 0 Å². The number of ether oxygens (including phenoxy) is 1. The average Bonchev–Trinajstić information content (AvgIpc) is 2.46. The van der Waals surface area contributed by atoms with E-state index < -0.39 is 11.6 Å². The van der Waals surface area contributed by atoms with Crippen LogP contribution in [0, 0.1) is 23.0 Å². The summed E-state index contributed by atoms with van der Waals surface area (Å²) >= 11 is 0. The second-order valence-electron chi connectivity index (χ2n) is 4.13. The minimum absolute atomic E-state index is 0.0636. The molecule has 0 aliphatic carbocycles. The van der Waals surface area contributed by atoms with E-state index in [1.54, 1.807) is 30.3 Å². The predicted octanol–water partition coefficient (Wildman–Crippen LogP) is 3.91. The number of halogens is 2. The van der Waals surface area contributed by atoms with Gasteiger partial charge in [-0.25, -0.2) is 8.78 Å². The van der Waals surface area contributed by atoms with Gasteiger partial charge in [0.1, 0.15) is 17.4 Å². The SMILES string of the molecule is C=C(c1ccc(OC)cc1)c1c(F)cc(C#N)cc1F. The highest BCUT2D eigenvalue weighted by atomic mass is 19.1. The average molecular weight is 271 g/mol. The van der Waals surface area contributed by atoms with Crippen molar-refractivity contribution in [2.24, 2.45) is 0 Å². The molecule has 0 aromatic heterocycles. The van der Waals surface area contributed by atoms with Gasteiger partial charge in [0.2, 0.25) is 0 Å². The molecule has 0 fully saturated rings. The monoisotopic (exact) mass is 271 g/mol. The molecule has 100 valence electrons. The maximum atomic E-state index is 13.9. The van der Waals surface area contributed by atoms with E-state index in [4.69, 9.17) is 10.00 Å². The number of hydrogen-bond donors (Lipinski definition) is 0. The molecule has 4 heteroatoms. The second kappa shape index (κ2) is 5.54. The van der Waals surface area contributed by atoms with Crippen molar-refractivity contribution in [3.8, 4) is 11.8 Å². The molecule has 0 N–H and O–H groups in total. The van der Waals surface area contributed by atoms with Crippen LogP contribution in [-0.2, 0) is 0 Å². The lowest BCUT2D eigenvalue weighted by molar-refractivity contribution is 0.415. The highest BCUT2D eigenvalue weighted by Crippen LogP contribution is 2.28. The van der Waals surface area contributed by atoms with E-state index in [0.717, 1.165) is 12.1 Å². The van der Waals surface area contributed by atoms with Crippen LogP contribution in [0.4, 0.5) is 8.78 Å². The van der Waals surface area contributed by atoms with E-state index in [9.17, 15) is 8.78 Å². The van der Waals surface area contributed by atoms with Gasteiger partial charge < -0.3 is 4.74 Å². The first-order valence-electron chi connectivity index (χ1n) is 5.79. The fraction of sp³-hybridized carbons (Fsp3) is 0.0625. The summed E-state index contributed by atoms with van der Waals surface area (Å²) in [5.41, 5.74) is 0.501. The van der Waals surface area contributed by atoms with Gasteiger partial charge in [0.05, 0.1) is 24.3 Å². The molecule has 2 aromatic rings. The quantitative estimate of drug-likeness (QED) is 0.848. The third kappa shape index (κ3) is 2.52. The molecular formula is C16H11F2NO. The first kappa shape index (κ1) is 13.8. The fourth-order valence-electron chi connectivity index (χ4n) is 1.86. The highest BCUT2D eigenvalue weighted by Gasteiger charge is 2.15. The number of nitriles is 1. The molecule has 0 bridgehead atoms. The highest BCUT2D eigenvalue weighted by molar-refractivity contribution is 5.79. The Kier molecular flexibility index (Phi) is 3.81. The molecule has 20 heavy (non-hydrogen) atoms. The van der Waals surface area contributed by atoms with Crippen molar-refractivity contribution in [1.82, 2.24) is 0 Å². The molecule has 0 saturated heterocycles. The molecular weight excluding hydrogens is 260 g/mol. The zero-order valence-electron chi connectivity index (χ0n) is 10.8. The van der Waals surface area contributed by atoms with Crippen LogP contribution in [0.15, 0.2) is 43.0 Å². The third-order valence-electron chi connectivity index (χ3n) is 2.91. The Morgan fingerprint density at radius 1 is 1.15 bits per heavy atom. The summed E-state index contributed by atoms with van der Waals surface area (Å²) in [5, 5.41) is 8.67. The van der Waals surface area contributed by atoms with Crippen LogP contribution >= 0.6 is 0 Å². The van der Waals surface area contributed by atoms with Gasteiger partial charge in [-0.05, 0) is 35.4 Å². The van der Waals surface area contributed by atoms with Crippen LogP contribution in [0.5, 0.6) is 5.75 Å². The molecule has 0 saturated carbocycles. The molecule has 2 nitrogen and oxygen atoms in total. The summed E-state index contributed by atoms with van der Waals surface area (Å²) in [6.45, 7) is 3.72. The Hall–Kier alpha value is -2.67. The minimum atomic E-state index is -0.803. The molecule has 0 heterocycles. The van der Waals surface area contributed by atoms with Crippen molar-refractivity contribution in [3.63, 3.8) is 0 Å². The lowest BCUT2D eigenvalue weighted by Gasteiger charge is -2.10. The summed E-state index contributed by atoms with van der Waals surface area (Å²) in [7, 11) is 1.53. The lowest BCUT2D eigenvalue weighted by Crippen LogP contribution is -1.97. The second-order valence-corrected chi connectivity index (χ2v) is 4.13. The van der Waals surface area contributed by atoms with Gasteiger partial charge in [-0.15, -0.1) is 0 Å². The van der Waals surface area contributed by atoms with Gasteiger partial charge in [-0.1, -0.05) is 18.7 Å². The standard InChI is InChI=1S/C16H11F2NO/c1-10(12-3-5-13(20-2)6-4-12)16-14(17)7-11(9-19)8-15(16)18/h3-8H,1H2,2H3.